The third-order valence-electron chi connectivity index (χ3n) is 3.09. The van der Waals surface area contributed by atoms with E-state index in [1.54, 1.807) is 6.20 Å². The van der Waals surface area contributed by atoms with Crippen LogP contribution in [0, 0.1) is 6.92 Å². The Balaban J connectivity index is 2.55. The second-order valence-electron chi connectivity index (χ2n) is 5.07. The predicted molar refractivity (Wildman–Crippen MR) is 85.8 cm³/mol. The van der Waals surface area contributed by atoms with Gasteiger partial charge >= 0.3 is 5.97 Å². The lowest BCUT2D eigenvalue weighted by Gasteiger charge is -2.16. The molecule has 0 atom stereocenters. The summed E-state index contributed by atoms with van der Waals surface area (Å²) < 4.78 is 2.00. The molecule has 0 saturated heterocycles. The largest absolute Gasteiger partial charge is 0.481 e. The van der Waals surface area contributed by atoms with Gasteiger partial charge in [-0.15, -0.1) is 0 Å². The summed E-state index contributed by atoms with van der Waals surface area (Å²) in [6, 6.07) is 5.68. The van der Waals surface area contributed by atoms with E-state index >= 15 is 0 Å². The van der Waals surface area contributed by atoms with Gasteiger partial charge in [0.25, 0.3) is 0 Å². The van der Waals surface area contributed by atoms with E-state index in [1.807, 2.05) is 29.7 Å². The molecule has 1 heterocycles. The molecular weight excluding hydrogens is 308 g/mol. The lowest BCUT2D eigenvalue weighted by atomic mass is 10.1. The molecule has 0 amide bonds. The maximum Gasteiger partial charge on any atom is 0.313 e. The Bertz CT molecular complexity index is 668. The van der Waals surface area contributed by atoms with Crippen molar-refractivity contribution in [3.05, 3.63) is 40.7 Å². The van der Waals surface area contributed by atoms with Gasteiger partial charge < -0.3 is 5.11 Å². The number of aromatic nitrogens is 2. The Kier molecular flexibility index (Phi) is 4.96. The zero-order chi connectivity index (χ0) is 15.6. The van der Waals surface area contributed by atoms with Crippen LogP contribution in [0.4, 0.5) is 0 Å². The van der Waals surface area contributed by atoms with Crippen molar-refractivity contribution in [1.82, 2.24) is 9.55 Å². The summed E-state index contributed by atoms with van der Waals surface area (Å²) in [7, 11) is 0. The lowest BCUT2D eigenvalue weighted by molar-refractivity contribution is -0.133. The molecule has 0 radical (unpaired) electrons. The predicted octanol–water partition coefficient (Wildman–Crippen LogP) is 4.13. The van der Waals surface area contributed by atoms with Gasteiger partial charge in [0.05, 0.1) is 17.6 Å². The van der Waals surface area contributed by atoms with E-state index in [1.165, 1.54) is 11.8 Å². The number of carbonyl (C=O) groups is 1. The first kappa shape index (κ1) is 15.9. The molecule has 6 heteroatoms. The van der Waals surface area contributed by atoms with Crippen LogP contribution in [-0.2, 0) is 4.79 Å². The van der Waals surface area contributed by atoms with Crippen LogP contribution in [-0.4, -0.2) is 26.4 Å². The quantitative estimate of drug-likeness (QED) is 0.840. The minimum absolute atomic E-state index is 0.0197. The van der Waals surface area contributed by atoms with Gasteiger partial charge in [0.2, 0.25) is 0 Å². The van der Waals surface area contributed by atoms with E-state index in [0.717, 1.165) is 16.9 Å². The molecule has 1 N–H and O–H groups in total. The van der Waals surface area contributed by atoms with E-state index < -0.39 is 5.97 Å². The lowest BCUT2D eigenvalue weighted by Crippen LogP contribution is -2.07. The Morgan fingerprint density at radius 3 is 2.81 bits per heavy atom. The Morgan fingerprint density at radius 2 is 2.19 bits per heavy atom. The van der Waals surface area contributed by atoms with Gasteiger partial charge in [0, 0.05) is 10.7 Å². The first-order valence-corrected chi connectivity index (χ1v) is 7.95. The number of imidazole rings is 1. The molecule has 0 aliphatic heterocycles. The molecule has 1 aromatic carbocycles. The monoisotopic (exact) mass is 324 g/mol. The van der Waals surface area contributed by atoms with Crippen molar-refractivity contribution >= 4 is 29.3 Å². The molecule has 0 fully saturated rings. The number of aryl methyl sites for hydroxylation is 1. The van der Waals surface area contributed by atoms with Crippen LogP contribution in [0.1, 0.15) is 31.0 Å². The summed E-state index contributed by atoms with van der Waals surface area (Å²) in [5.41, 5.74) is 3.04. The summed E-state index contributed by atoms with van der Waals surface area (Å²) in [5, 5.41) is 10.2. The van der Waals surface area contributed by atoms with Crippen LogP contribution in [0.2, 0.25) is 5.02 Å². The maximum atomic E-state index is 10.8. The number of hydrogen-bond donors (Lipinski definition) is 1. The second-order valence-corrected chi connectivity index (χ2v) is 6.45. The third-order valence-corrected chi connectivity index (χ3v) is 4.26. The smallest absolute Gasteiger partial charge is 0.313 e. The van der Waals surface area contributed by atoms with Crippen LogP contribution in [0.5, 0.6) is 0 Å². The molecule has 4 nitrogen and oxygen atoms in total. The standard InChI is InChI=1S/C15H17ClN2O2S/c1-9(2)13-7-17-15(21-8-14(19)20)18(13)12-6-11(16)5-4-10(12)3/h4-7,9H,8H2,1-3H3,(H,19,20). The highest BCUT2D eigenvalue weighted by molar-refractivity contribution is 7.99. The topological polar surface area (TPSA) is 55.1 Å². The van der Waals surface area contributed by atoms with Crippen molar-refractivity contribution < 1.29 is 9.90 Å². The zero-order valence-electron chi connectivity index (χ0n) is 12.1. The molecule has 2 rings (SSSR count). The number of hydrogen-bond acceptors (Lipinski definition) is 3. The highest BCUT2D eigenvalue weighted by atomic mass is 35.5. The maximum absolute atomic E-state index is 10.8. The summed E-state index contributed by atoms with van der Waals surface area (Å²) in [6.07, 6.45) is 1.80. The Morgan fingerprint density at radius 1 is 1.48 bits per heavy atom. The summed E-state index contributed by atoms with van der Waals surface area (Å²) >= 11 is 7.32. The number of nitrogens with zero attached hydrogens (tertiary/aromatic N) is 2. The number of rotatable bonds is 5. The minimum atomic E-state index is -0.858. The van der Waals surface area contributed by atoms with Crippen molar-refractivity contribution in [2.45, 2.75) is 31.8 Å². The van der Waals surface area contributed by atoms with Gasteiger partial charge in [-0.05, 0) is 30.5 Å². The highest BCUT2D eigenvalue weighted by Crippen LogP contribution is 2.30. The minimum Gasteiger partial charge on any atom is -0.481 e. The van der Waals surface area contributed by atoms with Crippen molar-refractivity contribution in [1.29, 1.82) is 0 Å². The summed E-state index contributed by atoms with van der Waals surface area (Å²) in [4.78, 5) is 15.2. The molecular formula is C15H17ClN2O2S. The first-order valence-electron chi connectivity index (χ1n) is 6.59. The third kappa shape index (κ3) is 3.60. The second kappa shape index (κ2) is 6.54. The highest BCUT2D eigenvalue weighted by Gasteiger charge is 2.17. The van der Waals surface area contributed by atoms with Gasteiger partial charge in [-0.2, -0.15) is 0 Å². The van der Waals surface area contributed by atoms with Gasteiger partial charge in [0.1, 0.15) is 0 Å². The molecule has 21 heavy (non-hydrogen) atoms. The number of thioether (sulfide) groups is 1. The fourth-order valence-electron chi connectivity index (χ4n) is 2.05. The van der Waals surface area contributed by atoms with Crippen molar-refractivity contribution in [3.8, 4) is 5.69 Å². The molecule has 0 unspecified atom stereocenters. The SMILES string of the molecule is Cc1ccc(Cl)cc1-n1c(C(C)C)cnc1SCC(=O)O. The fourth-order valence-corrected chi connectivity index (χ4v) is 2.93. The molecule has 0 aliphatic rings. The molecule has 1 aromatic heterocycles. The summed E-state index contributed by atoms with van der Waals surface area (Å²) in [6.45, 7) is 6.17. The molecule has 2 aromatic rings. The Hall–Kier alpha value is -1.46. The van der Waals surface area contributed by atoms with Crippen LogP contribution < -0.4 is 0 Å². The van der Waals surface area contributed by atoms with E-state index in [-0.39, 0.29) is 11.7 Å². The van der Waals surface area contributed by atoms with Crippen molar-refractivity contribution in [2.24, 2.45) is 0 Å². The normalized spacial score (nSPS) is 11.1. The molecule has 0 bridgehead atoms. The van der Waals surface area contributed by atoms with Gasteiger partial charge in [-0.1, -0.05) is 43.3 Å². The van der Waals surface area contributed by atoms with E-state index in [9.17, 15) is 4.79 Å². The summed E-state index contributed by atoms with van der Waals surface area (Å²) in [5.74, 6) is -0.604. The fraction of sp³-hybridized carbons (Fsp3) is 0.333. The molecule has 112 valence electrons. The van der Waals surface area contributed by atoms with E-state index in [4.69, 9.17) is 16.7 Å². The van der Waals surface area contributed by atoms with Gasteiger partial charge in [0.15, 0.2) is 5.16 Å². The van der Waals surface area contributed by atoms with Crippen molar-refractivity contribution in [3.63, 3.8) is 0 Å². The molecule has 0 aliphatic carbocycles. The zero-order valence-corrected chi connectivity index (χ0v) is 13.7. The number of carboxylic acids is 1. The van der Waals surface area contributed by atoms with Crippen LogP contribution in [0.25, 0.3) is 5.69 Å². The number of aliphatic carboxylic acids is 1. The Labute approximate surface area is 133 Å². The van der Waals surface area contributed by atoms with Crippen LogP contribution in [0.15, 0.2) is 29.6 Å². The molecule has 0 saturated carbocycles. The first-order chi connectivity index (χ1) is 9.90. The van der Waals surface area contributed by atoms with Crippen molar-refractivity contribution in [2.75, 3.05) is 5.75 Å². The average molecular weight is 325 g/mol. The van der Waals surface area contributed by atoms with Crippen LogP contribution >= 0.6 is 23.4 Å². The van der Waals surface area contributed by atoms with E-state index in [0.29, 0.717) is 10.2 Å². The number of carboxylic acid groups (broad SMARTS) is 1. The average Bonchev–Trinajstić information content (AvgIpc) is 2.83. The number of benzene rings is 1. The van der Waals surface area contributed by atoms with Crippen LogP contribution in [0.3, 0.4) is 0 Å². The number of halogens is 1. The molecule has 0 spiro atoms. The van der Waals surface area contributed by atoms with E-state index in [2.05, 4.69) is 18.8 Å². The van der Waals surface area contributed by atoms with Gasteiger partial charge in [-0.3, -0.25) is 9.36 Å². The van der Waals surface area contributed by atoms with Gasteiger partial charge in [-0.25, -0.2) is 4.98 Å².